The molecule has 0 aromatic rings. The lowest BCUT2D eigenvalue weighted by molar-refractivity contribution is -0.768. The highest BCUT2D eigenvalue weighted by Crippen LogP contribution is 2.28. The first-order valence-electron chi connectivity index (χ1n) is 4.19. The molecule has 1 fully saturated rings. The normalized spacial score (nSPS) is 25.8. The Morgan fingerprint density at radius 1 is 1.50 bits per heavy atom. The van der Waals surface area contributed by atoms with Crippen molar-refractivity contribution in [1.29, 1.82) is 0 Å². The van der Waals surface area contributed by atoms with E-state index in [1.54, 1.807) is 0 Å². The Morgan fingerprint density at radius 2 is 2.21 bits per heavy atom. The molecular formula is C7H11NO6. The lowest BCUT2D eigenvalue weighted by Crippen LogP contribution is -2.18. The van der Waals surface area contributed by atoms with Crippen LogP contribution in [-0.2, 0) is 19.4 Å². The summed E-state index contributed by atoms with van der Waals surface area (Å²) in [5.74, 6) is -0.859. The average molecular weight is 205 g/mol. The highest BCUT2D eigenvalue weighted by atomic mass is 17.2. The standard InChI is InChI=1S/C7H11NO6/c1-12-14-7(9)5-2-3-6(4-5)13-8(10)11/h5-6H,2-4H2,1H3. The van der Waals surface area contributed by atoms with Gasteiger partial charge in [0.05, 0.1) is 13.0 Å². The van der Waals surface area contributed by atoms with E-state index in [-0.39, 0.29) is 5.92 Å². The molecule has 2 atom stereocenters. The van der Waals surface area contributed by atoms with Gasteiger partial charge in [0.1, 0.15) is 6.10 Å². The van der Waals surface area contributed by atoms with E-state index in [0.717, 1.165) is 0 Å². The van der Waals surface area contributed by atoms with Crippen molar-refractivity contribution in [1.82, 2.24) is 0 Å². The fourth-order valence-electron chi connectivity index (χ4n) is 1.52. The zero-order chi connectivity index (χ0) is 10.6. The summed E-state index contributed by atoms with van der Waals surface area (Å²) in [5, 5.41) is 9.16. The first kappa shape index (κ1) is 10.7. The third kappa shape index (κ3) is 2.84. The quantitative estimate of drug-likeness (QED) is 0.376. The number of hydrogen-bond donors (Lipinski definition) is 0. The Balaban J connectivity index is 2.33. The van der Waals surface area contributed by atoms with E-state index in [0.29, 0.717) is 19.3 Å². The summed E-state index contributed by atoms with van der Waals surface area (Å²) in [7, 11) is 1.23. The molecule has 7 heteroatoms. The Kier molecular flexibility index (Phi) is 3.63. The summed E-state index contributed by atoms with van der Waals surface area (Å²) in [4.78, 5) is 34.0. The van der Waals surface area contributed by atoms with Gasteiger partial charge in [0.25, 0.3) is 5.09 Å². The molecule has 1 rings (SSSR count). The molecule has 0 bridgehead atoms. The van der Waals surface area contributed by atoms with Crippen LogP contribution in [0.1, 0.15) is 19.3 Å². The van der Waals surface area contributed by atoms with E-state index >= 15 is 0 Å². The van der Waals surface area contributed by atoms with E-state index in [1.165, 1.54) is 7.11 Å². The minimum atomic E-state index is -0.839. The van der Waals surface area contributed by atoms with Gasteiger partial charge in [-0.25, -0.2) is 4.79 Å². The SMILES string of the molecule is COOC(=O)C1CCC(O[N+](=O)[O-])C1. The summed E-state index contributed by atoms with van der Waals surface area (Å²) < 4.78 is 0. The molecule has 0 spiro atoms. The molecule has 0 amide bonds. The summed E-state index contributed by atoms with van der Waals surface area (Å²) >= 11 is 0. The van der Waals surface area contributed by atoms with Gasteiger partial charge in [-0.1, -0.05) is 0 Å². The van der Waals surface area contributed by atoms with Gasteiger partial charge in [-0.3, -0.25) is 4.89 Å². The van der Waals surface area contributed by atoms with E-state index < -0.39 is 17.2 Å². The smallest absolute Gasteiger partial charge is 0.311 e. The first-order valence-corrected chi connectivity index (χ1v) is 4.19. The summed E-state index contributed by atoms with van der Waals surface area (Å²) in [6, 6.07) is 0. The number of nitrogens with zero attached hydrogens (tertiary/aromatic N) is 1. The van der Waals surface area contributed by atoms with E-state index in [1.807, 2.05) is 0 Å². The Hall–Kier alpha value is -1.37. The van der Waals surface area contributed by atoms with Gasteiger partial charge in [0, 0.05) is 0 Å². The lowest BCUT2D eigenvalue weighted by atomic mass is 10.1. The molecule has 0 aliphatic heterocycles. The van der Waals surface area contributed by atoms with Crippen molar-refractivity contribution in [3.8, 4) is 0 Å². The molecule has 2 unspecified atom stereocenters. The Bertz CT molecular complexity index is 230. The van der Waals surface area contributed by atoms with Gasteiger partial charge in [-0.2, -0.15) is 4.89 Å². The Morgan fingerprint density at radius 3 is 2.79 bits per heavy atom. The molecule has 7 nitrogen and oxygen atoms in total. The van der Waals surface area contributed by atoms with Crippen LogP contribution in [0.4, 0.5) is 0 Å². The van der Waals surface area contributed by atoms with Gasteiger partial charge in [-0.05, 0) is 19.3 Å². The van der Waals surface area contributed by atoms with Gasteiger partial charge < -0.3 is 4.84 Å². The van der Waals surface area contributed by atoms with E-state index in [4.69, 9.17) is 0 Å². The van der Waals surface area contributed by atoms with Crippen LogP contribution in [0.3, 0.4) is 0 Å². The van der Waals surface area contributed by atoms with Crippen LogP contribution in [0.5, 0.6) is 0 Å². The van der Waals surface area contributed by atoms with Crippen LogP contribution in [-0.4, -0.2) is 24.3 Å². The highest BCUT2D eigenvalue weighted by Gasteiger charge is 2.33. The first-order chi connectivity index (χ1) is 6.63. The van der Waals surface area contributed by atoms with Gasteiger partial charge in [0.15, 0.2) is 0 Å². The fraction of sp³-hybridized carbons (Fsp3) is 0.857. The third-order valence-corrected chi connectivity index (χ3v) is 2.12. The molecule has 0 aromatic carbocycles. The van der Waals surface area contributed by atoms with Crippen LogP contribution >= 0.6 is 0 Å². The number of carbonyl (C=O) groups is 1. The van der Waals surface area contributed by atoms with Crippen LogP contribution in [0, 0.1) is 16.0 Å². The molecule has 80 valence electrons. The molecule has 0 saturated heterocycles. The van der Waals surface area contributed by atoms with E-state index in [9.17, 15) is 14.9 Å². The van der Waals surface area contributed by atoms with Crippen molar-refractivity contribution in [2.45, 2.75) is 25.4 Å². The molecule has 0 radical (unpaired) electrons. The second-order valence-corrected chi connectivity index (χ2v) is 3.03. The molecule has 1 aliphatic rings. The van der Waals surface area contributed by atoms with Crippen molar-refractivity contribution < 1.29 is 24.5 Å². The van der Waals surface area contributed by atoms with E-state index in [2.05, 4.69) is 14.6 Å². The molecular weight excluding hydrogens is 194 g/mol. The minimum absolute atomic E-state index is 0.309. The van der Waals surface area contributed by atoms with Gasteiger partial charge >= 0.3 is 5.97 Å². The summed E-state index contributed by atoms with van der Waals surface area (Å²) in [6.45, 7) is 0. The molecule has 1 saturated carbocycles. The van der Waals surface area contributed by atoms with Crippen molar-refractivity contribution in [2.24, 2.45) is 5.92 Å². The maximum Gasteiger partial charge on any atom is 0.345 e. The van der Waals surface area contributed by atoms with Crippen LogP contribution < -0.4 is 0 Å². The van der Waals surface area contributed by atoms with Crippen molar-refractivity contribution in [3.63, 3.8) is 0 Å². The number of carbonyl (C=O) groups excluding carboxylic acids is 1. The van der Waals surface area contributed by atoms with Gasteiger partial charge in [-0.15, -0.1) is 10.1 Å². The average Bonchev–Trinajstić information content (AvgIpc) is 2.52. The number of rotatable bonds is 4. The second-order valence-electron chi connectivity index (χ2n) is 3.03. The lowest BCUT2D eigenvalue weighted by Gasteiger charge is -2.07. The zero-order valence-corrected chi connectivity index (χ0v) is 7.67. The fourth-order valence-corrected chi connectivity index (χ4v) is 1.52. The maximum atomic E-state index is 11.1. The van der Waals surface area contributed by atoms with Gasteiger partial charge in [0.2, 0.25) is 0 Å². The predicted octanol–water partition coefficient (Wildman–Crippen LogP) is 0.468. The zero-order valence-electron chi connectivity index (χ0n) is 7.67. The monoisotopic (exact) mass is 205 g/mol. The topological polar surface area (TPSA) is 87.9 Å². The molecule has 0 N–H and O–H groups in total. The number of hydrogen-bond acceptors (Lipinski definition) is 6. The van der Waals surface area contributed by atoms with Crippen molar-refractivity contribution in [2.75, 3.05) is 7.11 Å². The van der Waals surface area contributed by atoms with Crippen molar-refractivity contribution >= 4 is 5.97 Å². The second kappa shape index (κ2) is 4.75. The van der Waals surface area contributed by atoms with Crippen LogP contribution in [0.25, 0.3) is 0 Å². The van der Waals surface area contributed by atoms with Crippen molar-refractivity contribution in [3.05, 3.63) is 10.1 Å². The molecule has 14 heavy (non-hydrogen) atoms. The van der Waals surface area contributed by atoms with Crippen LogP contribution in [0.2, 0.25) is 0 Å². The predicted molar refractivity (Wildman–Crippen MR) is 42.3 cm³/mol. The molecule has 1 aliphatic carbocycles. The summed E-state index contributed by atoms with van der Waals surface area (Å²) in [5.41, 5.74) is 0. The minimum Gasteiger partial charge on any atom is -0.311 e. The maximum absolute atomic E-state index is 11.1. The summed E-state index contributed by atoms with van der Waals surface area (Å²) in [6.07, 6.45) is 0.827. The van der Waals surface area contributed by atoms with Crippen LogP contribution in [0.15, 0.2) is 0 Å². The Labute approximate surface area is 80.0 Å². The third-order valence-electron chi connectivity index (χ3n) is 2.12. The molecule has 0 heterocycles. The highest BCUT2D eigenvalue weighted by molar-refractivity contribution is 5.72. The molecule has 0 aromatic heterocycles. The largest absolute Gasteiger partial charge is 0.345 e.